The van der Waals surface area contributed by atoms with Crippen molar-refractivity contribution in [2.45, 2.75) is 38.9 Å². The number of pyridine rings is 1. The topological polar surface area (TPSA) is 57.6 Å². The van der Waals surface area contributed by atoms with E-state index in [9.17, 15) is 9.18 Å². The van der Waals surface area contributed by atoms with Crippen LogP contribution in [0.2, 0.25) is 0 Å². The summed E-state index contributed by atoms with van der Waals surface area (Å²) in [6, 6.07) is 9.54. The molecule has 2 atom stereocenters. The van der Waals surface area contributed by atoms with E-state index in [-0.39, 0.29) is 5.91 Å². The molecule has 0 aliphatic carbocycles. The molecule has 4 rings (SSSR count). The van der Waals surface area contributed by atoms with Crippen molar-refractivity contribution in [3.63, 3.8) is 0 Å². The van der Waals surface area contributed by atoms with E-state index in [2.05, 4.69) is 46.2 Å². The van der Waals surface area contributed by atoms with E-state index in [1.165, 1.54) is 0 Å². The Balaban J connectivity index is 1.49. The number of fused-ring (bicyclic) bond motifs is 1. The van der Waals surface area contributed by atoms with Crippen LogP contribution in [0, 0.1) is 5.92 Å². The van der Waals surface area contributed by atoms with Gasteiger partial charge in [-0.05, 0) is 42.0 Å². The Morgan fingerprint density at radius 3 is 2.90 bits per heavy atom. The van der Waals surface area contributed by atoms with E-state index >= 15 is 0 Å². The number of hydrogen-bond donors (Lipinski definition) is 1. The highest BCUT2D eigenvalue weighted by Gasteiger charge is 2.32. The zero-order chi connectivity index (χ0) is 21.1. The summed E-state index contributed by atoms with van der Waals surface area (Å²) < 4.78 is 14.8. The van der Waals surface area contributed by atoms with Gasteiger partial charge in [0.2, 0.25) is 0 Å². The maximum atomic E-state index is 14.8. The van der Waals surface area contributed by atoms with Gasteiger partial charge < -0.3 is 10.2 Å². The fourth-order valence-corrected chi connectivity index (χ4v) is 4.34. The predicted octanol–water partition coefficient (Wildman–Crippen LogP) is 3.28. The molecular formula is C24H29FN4O. The molecule has 2 unspecified atom stereocenters. The summed E-state index contributed by atoms with van der Waals surface area (Å²) >= 11 is 0. The number of rotatable bonds is 5. The fourth-order valence-electron chi connectivity index (χ4n) is 4.34. The molecule has 0 radical (unpaired) electrons. The zero-order valence-electron chi connectivity index (χ0n) is 17.6. The molecular weight excluding hydrogens is 379 g/mol. The van der Waals surface area contributed by atoms with Crippen LogP contribution in [0.3, 0.4) is 0 Å². The summed E-state index contributed by atoms with van der Waals surface area (Å²) in [6.07, 6.45) is 3.91. The van der Waals surface area contributed by atoms with E-state index in [1.54, 1.807) is 12.4 Å². The molecule has 6 heteroatoms. The molecule has 30 heavy (non-hydrogen) atoms. The van der Waals surface area contributed by atoms with Crippen molar-refractivity contribution in [1.82, 2.24) is 15.2 Å². The van der Waals surface area contributed by atoms with Gasteiger partial charge >= 0.3 is 0 Å². The fraction of sp³-hybridized carbons (Fsp3) is 0.458. The van der Waals surface area contributed by atoms with Crippen molar-refractivity contribution in [3.8, 4) is 11.1 Å². The first-order valence-electron chi connectivity index (χ1n) is 10.8. The summed E-state index contributed by atoms with van der Waals surface area (Å²) in [7, 11) is 0. The monoisotopic (exact) mass is 408 g/mol. The van der Waals surface area contributed by atoms with Crippen LogP contribution in [0.15, 0.2) is 47.7 Å². The van der Waals surface area contributed by atoms with Gasteiger partial charge in [0.15, 0.2) is 0 Å². The molecule has 158 valence electrons. The third-order valence-electron chi connectivity index (χ3n) is 5.79. The first kappa shape index (κ1) is 20.7. The molecule has 1 aromatic heterocycles. The quantitative estimate of drug-likeness (QED) is 0.826. The summed E-state index contributed by atoms with van der Waals surface area (Å²) in [5, 5.41) is 2.93. The third-order valence-corrected chi connectivity index (χ3v) is 5.79. The Morgan fingerprint density at radius 2 is 2.17 bits per heavy atom. The number of hydrogen-bond acceptors (Lipinski definition) is 4. The van der Waals surface area contributed by atoms with Gasteiger partial charge in [-0.1, -0.05) is 32.0 Å². The van der Waals surface area contributed by atoms with Crippen molar-refractivity contribution >= 4 is 11.6 Å². The number of alkyl halides is 1. The van der Waals surface area contributed by atoms with Crippen LogP contribution in [-0.4, -0.2) is 59.9 Å². The Kier molecular flexibility index (Phi) is 6.23. The molecule has 1 aromatic carbocycles. The number of aromatic nitrogens is 1. The number of carbonyl (C=O) groups is 1. The maximum Gasteiger partial charge on any atom is 0.270 e. The van der Waals surface area contributed by atoms with Crippen molar-refractivity contribution in [1.29, 1.82) is 0 Å². The van der Waals surface area contributed by atoms with Crippen LogP contribution < -0.4 is 5.32 Å². The van der Waals surface area contributed by atoms with Gasteiger partial charge in [-0.2, -0.15) is 0 Å². The second-order valence-corrected chi connectivity index (χ2v) is 8.63. The van der Waals surface area contributed by atoms with Gasteiger partial charge in [-0.3, -0.25) is 14.8 Å². The van der Waals surface area contributed by atoms with Crippen molar-refractivity contribution in [3.05, 3.63) is 53.9 Å². The molecule has 1 saturated heterocycles. The summed E-state index contributed by atoms with van der Waals surface area (Å²) in [6.45, 7) is 6.92. The average Bonchev–Trinajstić information content (AvgIpc) is 2.75. The van der Waals surface area contributed by atoms with Crippen LogP contribution in [0.5, 0.6) is 0 Å². The third kappa shape index (κ3) is 4.59. The smallest absolute Gasteiger partial charge is 0.270 e. The lowest BCUT2D eigenvalue weighted by atomic mass is 9.92. The highest BCUT2D eigenvalue weighted by atomic mass is 19.1. The van der Waals surface area contributed by atoms with Gasteiger partial charge in [0.05, 0.1) is 6.04 Å². The molecule has 0 bridgehead atoms. The number of nitrogens with one attached hydrogen (secondary N) is 1. The SMILES string of the molecule is CC(C)CN1CCC(NC(=O)C2=NCCc3ccc(-c4cccnc4)cc32)C(F)C1. The average molecular weight is 409 g/mol. The van der Waals surface area contributed by atoms with E-state index in [0.717, 1.165) is 41.8 Å². The Hall–Kier alpha value is -2.60. The van der Waals surface area contributed by atoms with Gasteiger partial charge in [0, 0.05) is 49.7 Å². The molecule has 2 aromatic rings. The maximum absolute atomic E-state index is 14.8. The van der Waals surface area contributed by atoms with E-state index in [1.807, 2.05) is 18.2 Å². The van der Waals surface area contributed by atoms with Crippen LogP contribution in [0.25, 0.3) is 11.1 Å². The Labute approximate surface area is 177 Å². The summed E-state index contributed by atoms with van der Waals surface area (Å²) in [5.41, 5.74) is 4.35. The highest BCUT2D eigenvalue weighted by molar-refractivity contribution is 6.46. The van der Waals surface area contributed by atoms with Crippen molar-refractivity contribution in [2.24, 2.45) is 10.9 Å². The lowest BCUT2D eigenvalue weighted by Crippen LogP contribution is -2.54. The number of halogens is 1. The van der Waals surface area contributed by atoms with Crippen LogP contribution in [0.4, 0.5) is 4.39 Å². The van der Waals surface area contributed by atoms with Crippen LogP contribution in [-0.2, 0) is 11.2 Å². The van der Waals surface area contributed by atoms with Gasteiger partial charge in [0.25, 0.3) is 5.91 Å². The molecule has 5 nitrogen and oxygen atoms in total. The summed E-state index contributed by atoms with van der Waals surface area (Å²) in [5.74, 6) is 0.231. The minimum absolute atomic E-state index is 0.274. The molecule has 1 fully saturated rings. The molecule has 3 heterocycles. The second-order valence-electron chi connectivity index (χ2n) is 8.63. The number of nitrogens with zero attached hydrogens (tertiary/aromatic N) is 3. The number of amides is 1. The second kappa shape index (κ2) is 9.04. The minimum Gasteiger partial charge on any atom is -0.345 e. The first-order valence-corrected chi connectivity index (χ1v) is 10.8. The van der Waals surface area contributed by atoms with E-state index in [0.29, 0.717) is 31.1 Å². The van der Waals surface area contributed by atoms with E-state index < -0.39 is 12.2 Å². The zero-order valence-corrected chi connectivity index (χ0v) is 17.6. The van der Waals surface area contributed by atoms with Gasteiger partial charge in [0.1, 0.15) is 11.9 Å². The number of carbonyl (C=O) groups excluding carboxylic acids is 1. The van der Waals surface area contributed by atoms with Crippen LogP contribution >= 0.6 is 0 Å². The van der Waals surface area contributed by atoms with Crippen molar-refractivity contribution in [2.75, 3.05) is 26.2 Å². The molecule has 1 amide bonds. The summed E-state index contributed by atoms with van der Waals surface area (Å²) in [4.78, 5) is 23.9. The molecule has 2 aliphatic heterocycles. The molecule has 0 spiro atoms. The normalized spacial score (nSPS) is 21.8. The Morgan fingerprint density at radius 1 is 1.30 bits per heavy atom. The molecule has 2 aliphatic rings. The minimum atomic E-state index is -1.06. The van der Waals surface area contributed by atoms with E-state index in [4.69, 9.17) is 0 Å². The van der Waals surface area contributed by atoms with Gasteiger partial charge in [-0.15, -0.1) is 0 Å². The number of aliphatic imine (C=N–C) groups is 1. The van der Waals surface area contributed by atoms with Crippen LogP contribution in [0.1, 0.15) is 31.4 Å². The predicted molar refractivity (Wildman–Crippen MR) is 118 cm³/mol. The number of piperidine rings is 1. The first-order chi connectivity index (χ1) is 14.5. The highest BCUT2D eigenvalue weighted by Crippen LogP contribution is 2.25. The lowest BCUT2D eigenvalue weighted by Gasteiger charge is -2.36. The number of likely N-dealkylation sites (tertiary alicyclic amines) is 1. The molecule has 1 N–H and O–H groups in total. The Bertz CT molecular complexity index is 928. The standard InChI is InChI=1S/C24H29FN4O/c1-16(2)14-29-11-8-22(21(25)15-29)28-24(30)23-20-12-18(19-4-3-9-26-13-19)6-5-17(20)7-10-27-23/h3-6,9,12-13,16,21-22H,7-8,10-11,14-15H2,1-2H3,(H,28,30). The van der Waals surface area contributed by atoms with Crippen molar-refractivity contribution < 1.29 is 9.18 Å². The largest absolute Gasteiger partial charge is 0.345 e. The molecule has 0 saturated carbocycles. The number of benzene rings is 1. The lowest BCUT2D eigenvalue weighted by molar-refractivity contribution is -0.116. The van der Waals surface area contributed by atoms with Gasteiger partial charge in [-0.25, -0.2) is 4.39 Å².